The third-order valence-corrected chi connectivity index (χ3v) is 3.84. The molecule has 0 N–H and O–H groups in total. The first kappa shape index (κ1) is 11.7. The molecule has 2 fully saturated rings. The van der Waals surface area contributed by atoms with Crippen LogP contribution in [0.1, 0.15) is 38.5 Å². The molecule has 1 unspecified atom stereocenters. The minimum atomic E-state index is 0.475. The fourth-order valence-corrected chi connectivity index (χ4v) is 2.71. The highest BCUT2D eigenvalue weighted by Crippen LogP contribution is 2.26. The lowest BCUT2D eigenvalue weighted by Gasteiger charge is -2.39. The maximum Gasteiger partial charge on any atom is 0.0702 e. The van der Waals surface area contributed by atoms with Crippen molar-refractivity contribution >= 4 is 11.6 Å². The maximum absolute atomic E-state index is 5.86. The van der Waals surface area contributed by atoms with E-state index < -0.39 is 0 Å². The number of alkyl halides is 1. The Hall–Kier alpha value is 0.210. The standard InChI is InChI=1S/C12H22ClNO/c13-7-8-14(11-4-3-5-11)10-12-6-1-2-9-15-12/h11-12H,1-10H2. The van der Waals surface area contributed by atoms with E-state index in [9.17, 15) is 0 Å². The molecule has 2 aliphatic rings. The van der Waals surface area contributed by atoms with Crippen molar-refractivity contribution in [1.29, 1.82) is 0 Å². The topological polar surface area (TPSA) is 12.5 Å². The van der Waals surface area contributed by atoms with E-state index in [0.29, 0.717) is 6.10 Å². The van der Waals surface area contributed by atoms with E-state index in [2.05, 4.69) is 4.90 Å². The summed E-state index contributed by atoms with van der Waals surface area (Å²) < 4.78 is 5.79. The Morgan fingerprint density at radius 1 is 1.13 bits per heavy atom. The molecule has 3 heteroatoms. The van der Waals surface area contributed by atoms with Crippen LogP contribution in [0.2, 0.25) is 0 Å². The summed E-state index contributed by atoms with van der Waals surface area (Å²) in [5, 5.41) is 0. The zero-order valence-corrected chi connectivity index (χ0v) is 10.2. The van der Waals surface area contributed by atoms with E-state index in [1.807, 2.05) is 0 Å². The molecule has 15 heavy (non-hydrogen) atoms. The second-order valence-electron chi connectivity index (χ2n) is 4.76. The molecule has 1 aliphatic heterocycles. The monoisotopic (exact) mass is 231 g/mol. The van der Waals surface area contributed by atoms with E-state index in [0.717, 1.165) is 31.6 Å². The minimum absolute atomic E-state index is 0.475. The van der Waals surface area contributed by atoms with Gasteiger partial charge in [-0.3, -0.25) is 4.90 Å². The van der Waals surface area contributed by atoms with Crippen LogP contribution in [0.15, 0.2) is 0 Å². The van der Waals surface area contributed by atoms with E-state index in [4.69, 9.17) is 16.3 Å². The molecule has 1 heterocycles. The van der Waals surface area contributed by atoms with Gasteiger partial charge in [-0.25, -0.2) is 0 Å². The van der Waals surface area contributed by atoms with Gasteiger partial charge < -0.3 is 4.74 Å². The van der Waals surface area contributed by atoms with Gasteiger partial charge in [0.2, 0.25) is 0 Å². The van der Waals surface area contributed by atoms with E-state index in [-0.39, 0.29) is 0 Å². The van der Waals surface area contributed by atoms with Crippen molar-refractivity contribution in [2.45, 2.75) is 50.7 Å². The van der Waals surface area contributed by atoms with E-state index in [1.165, 1.54) is 38.5 Å². The minimum Gasteiger partial charge on any atom is -0.377 e. The van der Waals surface area contributed by atoms with Crippen LogP contribution in [0.25, 0.3) is 0 Å². The SMILES string of the molecule is ClCCN(CC1CCCCO1)C1CCC1. The van der Waals surface area contributed by atoms with Crippen LogP contribution >= 0.6 is 11.6 Å². The molecule has 1 saturated carbocycles. The van der Waals surface area contributed by atoms with Gasteiger partial charge in [0.1, 0.15) is 0 Å². The Balaban J connectivity index is 1.76. The molecule has 1 atom stereocenters. The van der Waals surface area contributed by atoms with Crippen LogP contribution in [0, 0.1) is 0 Å². The van der Waals surface area contributed by atoms with Gasteiger partial charge in [-0.15, -0.1) is 11.6 Å². The Labute approximate surface area is 97.9 Å². The summed E-state index contributed by atoms with van der Waals surface area (Å²) in [6, 6.07) is 0.800. The van der Waals surface area contributed by atoms with Gasteiger partial charge in [-0.1, -0.05) is 6.42 Å². The van der Waals surface area contributed by atoms with Crippen LogP contribution < -0.4 is 0 Å². The van der Waals surface area contributed by atoms with Gasteiger partial charge in [0.15, 0.2) is 0 Å². The molecule has 1 saturated heterocycles. The first-order chi connectivity index (χ1) is 7.40. The molecular formula is C12H22ClNO. The average Bonchev–Trinajstić information content (AvgIpc) is 2.17. The number of hydrogen-bond acceptors (Lipinski definition) is 2. The quantitative estimate of drug-likeness (QED) is 0.675. The Bertz CT molecular complexity index is 178. The molecule has 0 amide bonds. The normalized spacial score (nSPS) is 28.0. The van der Waals surface area contributed by atoms with Crippen molar-refractivity contribution in [3.05, 3.63) is 0 Å². The lowest BCUT2D eigenvalue weighted by Crippen LogP contribution is -2.46. The fourth-order valence-electron chi connectivity index (χ4n) is 2.50. The highest BCUT2D eigenvalue weighted by Gasteiger charge is 2.27. The van der Waals surface area contributed by atoms with Crippen molar-refractivity contribution in [3.8, 4) is 0 Å². The van der Waals surface area contributed by atoms with Crippen molar-refractivity contribution in [2.24, 2.45) is 0 Å². The Kier molecular flexibility index (Phi) is 4.73. The summed E-state index contributed by atoms with van der Waals surface area (Å²) >= 11 is 5.86. The van der Waals surface area contributed by atoms with Gasteiger partial charge in [0, 0.05) is 31.6 Å². The lowest BCUT2D eigenvalue weighted by molar-refractivity contribution is -0.0201. The summed E-state index contributed by atoms with van der Waals surface area (Å²) in [5.41, 5.74) is 0. The third kappa shape index (κ3) is 3.33. The number of rotatable bonds is 5. The second-order valence-corrected chi connectivity index (χ2v) is 5.14. The average molecular weight is 232 g/mol. The molecule has 0 aromatic carbocycles. The molecule has 0 radical (unpaired) electrons. The van der Waals surface area contributed by atoms with E-state index >= 15 is 0 Å². The van der Waals surface area contributed by atoms with E-state index in [1.54, 1.807) is 0 Å². The van der Waals surface area contributed by atoms with Crippen LogP contribution in [0.5, 0.6) is 0 Å². The summed E-state index contributed by atoms with van der Waals surface area (Å²) in [7, 11) is 0. The van der Waals surface area contributed by atoms with Crippen LogP contribution in [-0.2, 0) is 4.74 Å². The molecule has 0 bridgehead atoms. The first-order valence-electron chi connectivity index (χ1n) is 6.32. The number of ether oxygens (including phenoxy) is 1. The lowest BCUT2D eigenvalue weighted by atomic mass is 9.91. The van der Waals surface area contributed by atoms with Crippen molar-refractivity contribution < 1.29 is 4.74 Å². The van der Waals surface area contributed by atoms with Crippen molar-refractivity contribution in [1.82, 2.24) is 4.90 Å². The summed E-state index contributed by atoms with van der Waals surface area (Å²) in [5.74, 6) is 0.753. The molecule has 0 aromatic heterocycles. The van der Waals surface area contributed by atoms with Gasteiger partial charge >= 0.3 is 0 Å². The van der Waals surface area contributed by atoms with Crippen molar-refractivity contribution in [2.75, 3.05) is 25.6 Å². The first-order valence-corrected chi connectivity index (χ1v) is 6.85. The largest absolute Gasteiger partial charge is 0.377 e. The Morgan fingerprint density at radius 3 is 2.53 bits per heavy atom. The second kappa shape index (κ2) is 6.07. The van der Waals surface area contributed by atoms with Gasteiger partial charge in [0.25, 0.3) is 0 Å². The zero-order valence-electron chi connectivity index (χ0n) is 9.46. The van der Waals surface area contributed by atoms with Crippen LogP contribution in [0.4, 0.5) is 0 Å². The number of hydrogen-bond donors (Lipinski definition) is 0. The molecule has 0 spiro atoms. The zero-order chi connectivity index (χ0) is 10.5. The van der Waals surface area contributed by atoms with Gasteiger partial charge in [-0.05, 0) is 32.1 Å². The fraction of sp³-hybridized carbons (Fsp3) is 1.00. The van der Waals surface area contributed by atoms with Gasteiger partial charge in [0.05, 0.1) is 6.10 Å². The third-order valence-electron chi connectivity index (χ3n) is 3.67. The van der Waals surface area contributed by atoms with Gasteiger partial charge in [-0.2, -0.15) is 0 Å². The summed E-state index contributed by atoms with van der Waals surface area (Å²) in [4.78, 5) is 2.55. The molecule has 2 rings (SSSR count). The highest BCUT2D eigenvalue weighted by atomic mass is 35.5. The van der Waals surface area contributed by atoms with Crippen molar-refractivity contribution in [3.63, 3.8) is 0 Å². The highest BCUT2D eigenvalue weighted by molar-refractivity contribution is 6.18. The number of halogens is 1. The Morgan fingerprint density at radius 2 is 2.00 bits per heavy atom. The number of nitrogens with zero attached hydrogens (tertiary/aromatic N) is 1. The predicted molar refractivity (Wildman–Crippen MR) is 63.5 cm³/mol. The summed E-state index contributed by atoms with van der Waals surface area (Å²) in [6.07, 6.45) is 8.43. The maximum atomic E-state index is 5.86. The molecule has 0 aromatic rings. The van der Waals surface area contributed by atoms with Crippen LogP contribution in [0.3, 0.4) is 0 Å². The van der Waals surface area contributed by atoms with Crippen LogP contribution in [-0.4, -0.2) is 42.6 Å². The predicted octanol–water partition coefficient (Wildman–Crippen LogP) is 2.65. The molecule has 2 nitrogen and oxygen atoms in total. The summed E-state index contributed by atoms with van der Waals surface area (Å²) in [6.45, 7) is 3.10. The molecule has 1 aliphatic carbocycles. The smallest absolute Gasteiger partial charge is 0.0702 e. The molecular weight excluding hydrogens is 210 g/mol. The molecule has 88 valence electrons.